The first kappa shape index (κ1) is 14.2. The third-order valence-corrected chi connectivity index (χ3v) is 4.88. The van der Waals surface area contributed by atoms with Gasteiger partial charge in [0.25, 0.3) is 5.91 Å². The maximum atomic E-state index is 12.3. The van der Waals surface area contributed by atoms with Gasteiger partial charge in [0.1, 0.15) is 0 Å². The van der Waals surface area contributed by atoms with Crippen LogP contribution in [0.1, 0.15) is 22.7 Å². The number of aryl methyl sites for hydroxylation is 1. The van der Waals surface area contributed by atoms with Crippen LogP contribution in [0.3, 0.4) is 0 Å². The van der Waals surface area contributed by atoms with E-state index in [1.165, 1.54) is 4.90 Å². The van der Waals surface area contributed by atoms with E-state index in [0.717, 1.165) is 31.0 Å². The van der Waals surface area contributed by atoms with E-state index < -0.39 is 0 Å². The number of hydrogen-bond donors (Lipinski definition) is 0. The van der Waals surface area contributed by atoms with Gasteiger partial charge in [-0.15, -0.1) is 11.8 Å². The maximum absolute atomic E-state index is 12.3. The molecule has 2 aromatic rings. The number of benzene rings is 1. The lowest BCUT2D eigenvalue weighted by atomic mass is 10.2. The normalized spacial score (nSPS) is 18.1. The summed E-state index contributed by atoms with van der Waals surface area (Å²) in [5.74, 6) is 1.90. The van der Waals surface area contributed by atoms with E-state index in [1.807, 2.05) is 29.7 Å². The number of nitrogens with zero attached hydrogens (tertiary/aromatic N) is 2. The summed E-state index contributed by atoms with van der Waals surface area (Å²) in [7, 11) is 0. The molecule has 1 atom stereocenters. The smallest absolute Gasteiger partial charge is 0.292 e. The fourth-order valence-corrected chi connectivity index (χ4v) is 3.55. The SMILES string of the molecule is Cc1cc(C(=O)N2CCC(CSc3ccccc3)C2)on1. The van der Waals surface area contributed by atoms with Gasteiger partial charge in [-0.05, 0) is 31.4 Å². The fraction of sp³-hybridized carbons (Fsp3) is 0.375. The molecule has 0 spiro atoms. The predicted octanol–water partition coefficient (Wildman–Crippen LogP) is 3.24. The van der Waals surface area contributed by atoms with Crippen molar-refractivity contribution in [3.8, 4) is 0 Å². The molecule has 3 rings (SSSR count). The second kappa shape index (κ2) is 6.35. The van der Waals surface area contributed by atoms with Gasteiger partial charge in [0.05, 0.1) is 5.69 Å². The van der Waals surface area contributed by atoms with Crippen LogP contribution < -0.4 is 0 Å². The first-order chi connectivity index (χ1) is 10.2. The highest BCUT2D eigenvalue weighted by molar-refractivity contribution is 7.99. The maximum Gasteiger partial charge on any atom is 0.292 e. The molecule has 21 heavy (non-hydrogen) atoms. The molecule has 4 nitrogen and oxygen atoms in total. The van der Waals surface area contributed by atoms with E-state index in [0.29, 0.717) is 11.7 Å². The van der Waals surface area contributed by atoms with Crippen LogP contribution in [0.25, 0.3) is 0 Å². The van der Waals surface area contributed by atoms with Crippen molar-refractivity contribution in [3.63, 3.8) is 0 Å². The van der Waals surface area contributed by atoms with Gasteiger partial charge < -0.3 is 9.42 Å². The topological polar surface area (TPSA) is 46.3 Å². The molecule has 1 aromatic heterocycles. The van der Waals surface area contributed by atoms with Crippen LogP contribution in [-0.4, -0.2) is 34.8 Å². The van der Waals surface area contributed by atoms with Crippen molar-refractivity contribution in [3.05, 3.63) is 47.9 Å². The number of thioether (sulfide) groups is 1. The van der Waals surface area contributed by atoms with Crippen molar-refractivity contribution >= 4 is 17.7 Å². The minimum absolute atomic E-state index is 0.0391. The summed E-state index contributed by atoms with van der Waals surface area (Å²) < 4.78 is 5.06. The van der Waals surface area contributed by atoms with Crippen LogP contribution in [0.5, 0.6) is 0 Å². The zero-order valence-electron chi connectivity index (χ0n) is 12.0. The fourth-order valence-electron chi connectivity index (χ4n) is 2.50. The molecule has 1 fully saturated rings. The zero-order chi connectivity index (χ0) is 14.7. The van der Waals surface area contributed by atoms with Crippen LogP contribution in [0.4, 0.5) is 0 Å². The van der Waals surface area contributed by atoms with Crippen LogP contribution in [0.15, 0.2) is 45.8 Å². The number of aromatic nitrogens is 1. The molecule has 1 aliphatic heterocycles. The monoisotopic (exact) mass is 302 g/mol. The highest BCUT2D eigenvalue weighted by Crippen LogP contribution is 2.26. The number of carbonyl (C=O) groups is 1. The number of amides is 1. The van der Waals surface area contributed by atoms with E-state index >= 15 is 0 Å². The standard InChI is InChI=1S/C16H18N2O2S/c1-12-9-15(20-17-12)16(19)18-8-7-13(10-18)11-21-14-5-3-2-4-6-14/h2-6,9,13H,7-8,10-11H2,1H3. The number of rotatable bonds is 4. The third kappa shape index (κ3) is 3.47. The van der Waals surface area contributed by atoms with Crippen molar-refractivity contribution in [1.82, 2.24) is 10.1 Å². The van der Waals surface area contributed by atoms with E-state index in [4.69, 9.17) is 4.52 Å². The predicted molar refractivity (Wildman–Crippen MR) is 82.4 cm³/mol. The average molecular weight is 302 g/mol. The van der Waals surface area contributed by atoms with Gasteiger partial charge in [0.2, 0.25) is 5.76 Å². The largest absolute Gasteiger partial charge is 0.351 e. The molecular weight excluding hydrogens is 284 g/mol. The van der Waals surface area contributed by atoms with Gasteiger partial charge >= 0.3 is 0 Å². The highest BCUT2D eigenvalue weighted by Gasteiger charge is 2.28. The third-order valence-electron chi connectivity index (χ3n) is 3.64. The molecule has 110 valence electrons. The second-order valence-corrected chi connectivity index (χ2v) is 6.46. The Morgan fingerprint density at radius 3 is 2.95 bits per heavy atom. The quantitative estimate of drug-likeness (QED) is 0.813. The molecular formula is C16H18N2O2S. The van der Waals surface area contributed by atoms with Crippen molar-refractivity contribution in [2.45, 2.75) is 18.2 Å². The molecule has 0 N–H and O–H groups in total. The Balaban J connectivity index is 1.52. The van der Waals surface area contributed by atoms with Gasteiger partial charge in [-0.2, -0.15) is 0 Å². The van der Waals surface area contributed by atoms with Crippen LogP contribution in [0.2, 0.25) is 0 Å². The Hall–Kier alpha value is -1.75. The van der Waals surface area contributed by atoms with Crippen molar-refractivity contribution in [2.75, 3.05) is 18.8 Å². The second-order valence-electron chi connectivity index (χ2n) is 5.36. The lowest BCUT2D eigenvalue weighted by Crippen LogP contribution is -2.28. The summed E-state index contributed by atoms with van der Waals surface area (Å²) in [6.45, 7) is 3.43. The van der Waals surface area contributed by atoms with Crippen LogP contribution in [0, 0.1) is 12.8 Å². The number of carbonyl (C=O) groups excluding carboxylic acids is 1. The summed E-state index contributed by atoms with van der Waals surface area (Å²) >= 11 is 1.86. The molecule has 1 unspecified atom stereocenters. The highest BCUT2D eigenvalue weighted by atomic mass is 32.2. The summed E-state index contributed by atoms with van der Waals surface area (Å²) in [5.41, 5.74) is 0.744. The molecule has 0 saturated carbocycles. The Bertz CT molecular complexity index is 612. The Morgan fingerprint density at radius 1 is 1.43 bits per heavy atom. The van der Waals surface area contributed by atoms with Crippen molar-refractivity contribution in [2.24, 2.45) is 5.92 Å². The summed E-state index contributed by atoms with van der Waals surface area (Å²) in [4.78, 5) is 15.4. The molecule has 0 bridgehead atoms. The van der Waals surface area contributed by atoms with Gasteiger partial charge in [0, 0.05) is 29.8 Å². The van der Waals surface area contributed by atoms with Crippen molar-refractivity contribution in [1.29, 1.82) is 0 Å². The number of hydrogen-bond acceptors (Lipinski definition) is 4. The Kier molecular flexibility index (Phi) is 4.29. The zero-order valence-corrected chi connectivity index (χ0v) is 12.8. The summed E-state index contributed by atoms with van der Waals surface area (Å²) in [6, 6.07) is 12.1. The van der Waals surface area contributed by atoms with Crippen LogP contribution >= 0.6 is 11.8 Å². The Labute approximate surface area is 128 Å². The van der Waals surface area contributed by atoms with E-state index in [9.17, 15) is 4.79 Å². The minimum atomic E-state index is -0.0391. The first-order valence-electron chi connectivity index (χ1n) is 7.13. The van der Waals surface area contributed by atoms with Gasteiger partial charge in [-0.1, -0.05) is 23.4 Å². The van der Waals surface area contributed by atoms with Crippen LogP contribution in [-0.2, 0) is 0 Å². The van der Waals surface area contributed by atoms with Crippen molar-refractivity contribution < 1.29 is 9.32 Å². The van der Waals surface area contributed by atoms with E-state index in [1.54, 1.807) is 6.07 Å². The first-order valence-corrected chi connectivity index (χ1v) is 8.11. The average Bonchev–Trinajstić information content (AvgIpc) is 3.14. The molecule has 1 aromatic carbocycles. The Morgan fingerprint density at radius 2 is 2.24 bits per heavy atom. The van der Waals surface area contributed by atoms with Gasteiger partial charge in [-0.3, -0.25) is 4.79 Å². The molecule has 1 saturated heterocycles. The molecule has 2 heterocycles. The van der Waals surface area contributed by atoms with Gasteiger partial charge in [0.15, 0.2) is 0 Å². The lowest BCUT2D eigenvalue weighted by Gasteiger charge is -2.14. The van der Waals surface area contributed by atoms with E-state index in [2.05, 4.69) is 29.4 Å². The molecule has 5 heteroatoms. The van der Waals surface area contributed by atoms with Gasteiger partial charge in [-0.25, -0.2) is 0 Å². The molecule has 1 aliphatic rings. The number of likely N-dealkylation sites (tertiary alicyclic amines) is 1. The minimum Gasteiger partial charge on any atom is -0.351 e. The summed E-state index contributed by atoms with van der Waals surface area (Å²) in [6.07, 6.45) is 1.05. The molecule has 0 radical (unpaired) electrons. The summed E-state index contributed by atoms with van der Waals surface area (Å²) in [5, 5.41) is 3.78. The lowest BCUT2D eigenvalue weighted by molar-refractivity contribution is 0.0747. The molecule has 0 aliphatic carbocycles. The van der Waals surface area contributed by atoms with E-state index in [-0.39, 0.29) is 5.91 Å². The molecule has 1 amide bonds.